The molecule has 1 aromatic heterocycles. The standard InChI is InChI=1S/C19H20FNO2/c1-4-5-6-8-13(2)14-9-7-10-15(11-14)16-12-21(3)19(23)18(22)17(16)20/h4,7-12,22H,1,5-6H2,2-3H3/b13-8+. The molecule has 0 aliphatic carbocycles. The molecule has 2 rings (SSSR count). The molecule has 0 unspecified atom stereocenters. The third kappa shape index (κ3) is 3.59. The van der Waals surface area contributed by atoms with E-state index in [1.165, 1.54) is 17.8 Å². The van der Waals surface area contributed by atoms with Crippen LogP contribution in [0.2, 0.25) is 0 Å². The van der Waals surface area contributed by atoms with E-state index in [0.29, 0.717) is 5.56 Å². The van der Waals surface area contributed by atoms with Crippen molar-refractivity contribution in [2.24, 2.45) is 7.05 Å². The Labute approximate surface area is 135 Å². The average molecular weight is 313 g/mol. The molecule has 4 heteroatoms. The lowest BCUT2D eigenvalue weighted by Crippen LogP contribution is -2.17. The highest BCUT2D eigenvalue weighted by Gasteiger charge is 2.15. The van der Waals surface area contributed by atoms with E-state index in [4.69, 9.17) is 0 Å². The number of halogens is 1. The highest BCUT2D eigenvalue weighted by molar-refractivity contribution is 5.72. The average Bonchev–Trinajstić information content (AvgIpc) is 2.56. The van der Waals surface area contributed by atoms with Crippen LogP contribution in [-0.4, -0.2) is 9.67 Å². The molecule has 1 N–H and O–H groups in total. The molecule has 23 heavy (non-hydrogen) atoms. The van der Waals surface area contributed by atoms with Gasteiger partial charge in [-0.1, -0.05) is 30.4 Å². The van der Waals surface area contributed by atoms with Gasteiger partial charge in [0, 0.05) is 18.8 Å². The lowest BCUT2D eigenvalue weighted by molar-refractivity contribution is 0.419. The smallest absolute Gasteiger partial charge is 0.295 e. The van der Waals surface area contributed by atoms with Crippen LogP contribution in [0, 0.1) is 5.82 Å². The summed E-state index contributed by atoms with van der Waals surface area (Å²) in [5.41, 5.74) is 2.12. The number of benzene rings is 1. The maximum absolute atomic E-state index is 14.2. The van der Waals surface area contributed by atoms with Gasteiger partial charge in [-0.25, -0.2) is 4.39 Å². The van der Waals surface area contributed by atoms with Crippen molar-refractivity contribution in [1.82, 2.24) is 4.57 Å². The number of nitrogens with zero attached hydrogens (tertiary/aromatic N) is 1. The zero-order chi connectivity index (χ0) is 17.0. The van der Waals surface area contributed by atoms with E-state index in [-0.39, 0.29) is 5.56 Å². The summed E-state index contributed by atoms with van der Waals surface area (Å²) in [5, 5.41) is 9.62. The number of allylic oxidation sites excluding steroid dienone is 3. The Hall–Kier alpha value is -2.62. The molecule has 0 fully saturated rings. The van der Waals surface area contributed by atoms with Gasteiger partial charge in [0.05, 0.1) is 0 Å². The third-order valence-corrected chi connectivity index (χ3v) is 3.74. The van der Waals surface area contributed by atoms with Gasteiger partial charge in [0.1, 0.15) is 0 Å². The van der Waals surface area contributed by atoms with Gasteiger partial charge in [-0.15, -0.1) is 6.58 Å². The molecule has 0 amide bonds. The fraction of sp³-hybridized carbons (Fsp3) is 0.211. The minimum atomic E-state index is -0.890. The summed E-state index contributed by atoms with van der Waals surface area (Å²) in [4.78, 5) is 11.6. The zero-order valence-electron chi connectivity index (χ0n) is 13.3. The van der Waals surface area contributed by atoms with Crippen LogP contribution in [0.1, 0.15) is 25.3 Å². The first kappa shape index (κ1) is 16.7. The highest BCUT2D eigenvalue weighted by atomic mass is 19.1. The Bertz CT molecular complexity index is 819. The van der Waals surface area contributed by atoms with Gasteiger partial charge < -0.3 is 9.67 Å². The summed E-state index contributed by atoms with van der Waals surface area (Å²) in [5.74, 6) is -1.74. The first-order valence-corrected chi connectivity index (χ1v) is 7.42. The lowest BCUT2D eigenvalue weighted by atomic mass is 9.99. The molecule has 1 aromatic carbocycles. The van der Waals surface area contributed by atoms with E-state index >= 15 is 0 Å². The number of aryl methyl sites for hydroxylation is 1. The first-order chi connectivity index (χ1) is 11.0. The van der Waals surface area contributed by atoms with Crippen LogP contribution in [0.25, 0.3) is 16.7 Å². The van der Waals surface area contributed by atoms with Gasteiger partial charge in [0.2, 0.25) is 5.75 Å². The number of aromatic nitrogens is 1. The molecule has 2 aromatic rings. The van der Waals surface area contributed by atoms with Gasteiger partial charge in [0.25, 0.3) is 5.56 Å². The van der Waals surface area contributed by atoms with Crippen LogP contribution in [0.5, 0.6) is 5.75 Å². The van der Waals surface area contributed by atoms with Crippen LogP contribution < -0.4 is 5.56 Å². The van der Waals surface area contributed by atoms with Crippen LogP contribution in [-0.2, 0) is 7.05 Å². The molecule has 0 radical (unpaired) electrons. The maximum atomic E-state index is 14.2. The van der Waals surface area contributed by atoms with E-state index in [0.717, 1.165) is 24.0 Å². The minimum absolute atomic E-state index is 0.199. The second-order valence-electron chi connectivity index (χ2n) is 5.46. The number of unbranched alkanes of at least 4 members (excludes halogenated alkanes) is 1. The number of hydrogen-bond acceptors (Lipinski definition) is 2. The third-order valence-electron chi connectivity index (χ3n) is 3.74. The zero-order valence-corrected chi connectivity index (χ0v) is 13.3. The van der Waals surface area contributed by atoms with Crippen molar-refractivity contribution in [1.29, 1.82) is 0 Å². The topological polar surface area (TPSA) is 42.2 Å². The summed E-state index contributed by atoms with van der Waals surface area (Å²) in [7, 11) is 1.48. The Morgan fingerprint density at radius 1 is 1.39 bits per heavy atom. The quantitative estimate of drug-likeness (QED) is 0.662. The van der Waals surface area contributed by atoms with E-state index in [1.807, 2.05) is 31.2 Å². The monoisotopic (exact) mass is 313 g/mol. The van der Waals surface area contributed by atoms with Crippen molar-refractivity contribution >= 4 is 5.57 Å². The molecule has 0 atom stereocenters. The number of hydrogen-bond donors (Lipinski definition) is 1. The largest absolute Gasteiger partial charge is 0.501 e. The van der Waals surface area contributed by atoms with Gasteiger partial charge in [0.15, 0.2) is 5.82 Å². The molecular weight excluding hydrogens is 293 g/mol. The van der Waals surface area contributed by atoms with Crippen molar-refractivity contribution in [3.05, 3.63) is 70.9 Å². The molecule has 0 spiro atoms. The molecule has 1 heterocycles. The highest BCUT2D eigenvalue weighted by Crippen LogP contribution is 2.28. The minimum Gasteiger partial charge on any atom is -0.501 e. The summed E-state index contributed by atoms with van der Waals surface area (Å²) in [6.07, 6.45) is 7.17. The van der Waals surface area contributed by atoms with Crippen molar-refractivity contribution in [3.8, 4) is 16.9 Å². The Balaban J connectivity index is 2.47. The van der Waals surface area contributed by atoms with Gasteiger partial charge in [-0.05, 0) is 42.5 Å². The van der Waals surface area contributed by atoms with Crippen LogP contribution in [0.15, 0.2) is 54.0 Å². The molecule has 0 aliphatic heterocycles. The van der Waals surface area contributed by atoms with E-state index in [1.54, 1.807) is 6.07 Å². The van der Waals surface area contributed by atoms with E-state index in [9.17, 15) is 14.3 Å². The molecule has 0 aliphatic rings. The van der Waals surface area contributed by atoms with Crippen LogP contribution in [0.4, 0.5) is 4.39 Å². The fourth-order valence-electron chi connectivity index (χ4n) is 2.37. The Kier molecular flexibility index (Phi) is 5.16. The van der Waals surface area contributed by atoms with Gasteiger partial charge in [-0.2, -0.15) is 0 Å². The predicted molar refractivity (Wildman–Crippen MR) is 91.8 cm³/mol. The molecule has 120 valence electrons. The van der Waals surface area contributed by atoms with Gasteiger partial charge >= 0.3 is 0 Å². The molecule has 3 nitrogen and oxygen atoms in total. The van der Waals surface area contributed by atoms with E-state index in [2.05, 4.69) is 12.7 Å². The molecule has 0 bridgehead atoms. The van der Waals surface area contributed by atoms with Crippen molar-refractivity contribution in [2.75, 3.05) is 0 Å². The molecular formula is C19H20FNO2. The normalized spacial score (nSPS) is 11.5. The van der Waals surface area contributed by atoms with Crippen molar-refractivity contribution < 1.29 is 9.50 Å². The van der Waals surface area contributed by atoms with E-state index < -0.39 is 17.1 Å². The molecule has 0 saturated heterocycles. The number of pyridine rings is 1. The second-order valence-corrected chi connectivity index (χ2v) is 5.46. The Morgan fingerprint density at radius 2 is 2.13 bits per heavy atom. The van der Waals surface area contributed by atoms with Crippen LogP contribution >= 0.6 is 0 Å². The predicted octanol–water partition coefficient (Wildman–Crippen LogP) is 4.27. The second kappa shape index (κ2) is 7.09. The first-order valence-electron chi connectivity index (χ1n) is 7.42. The summed E-state index contributed by atoms with van der Waals surface area (Å²) >= 11 is 0. The summed E-state index contributed by atoms with van der Waals surface area (Å²) < 4.78 is 15.4. The maximum Gasteiger partial charge on any atom is 0.295 e. The lowest BCUT2D eigenvalue weighted by Gasteiger charge is -2.10. The van der Waals surface area contributed by atoms with Crippen molar-refractivity contribution in [3.63, 3.8) is 0 Å². The van der Waals surface area contributed by atoms with Crippen LogP contribution in [0.3, 0.4) is 0 Å². The van der Waals surface area contributed by atoms with Gasteiger partial charge in [-0.3, -0.25) is 4.79 Å². The number of rotatable bonds is 5. The SMILES string of the molecule is C=CCC/C=C(\C)c1cccc(-c2cn(C)c(=O)c(O)c2F)c1. The summed E-state index contributed by atoms with van der Waals surface area (Å²) in [6, 6.07) is 7.38. The summed E-state index contributed by atoms with van der Waals surface area (Å²) in [6.45, 7) is 5.69. The fourth-order valence-corrected chi connectivity index (χ4v) is 2.37. The number of aromatic hydroxyl groups is 1. The molecule has 0 saturated carbocycles. The Morgan fingerprint density at radius 3 is 2.83 bits per heavy atom. The van der Waals surface area contributed by atoms with Crippen molar-refractivity contribution in [2.45, 2.75) is 19.8 Å².